The highest BCUT2D eigenvalue weighted by Crippen LogP contribution is 2.30. The quantitative estimate of drug-likeness (QED) is 0.782. The van der Waals surface area contributed by atoms with E-state index in [2.05, 4.69) is 18.8 Å². The smallest absolute Gasteiger partial charge is 0.133 e. The fraction of sp³-hybridized carbons (Fsp3) is 0.357. The zero-order chi connectivity index (χ0) is 12.4. The van der Waals surface area contributed by atoms with Crippen LogP contribution in [0.4, 0.5) is 4.39 Å². The molecule has 0 unspecified atom stereocenters. The van der Waals surface area contributed by atoms with E-state index in [4.69, 9.17) is 0 Å². The van der Waals surface area contributed by atoms with Crippen LogP contribution < -0.4 is 0 Å². The van der Waals surface area contributed by atoms with Gasteiger partial charge in [0.05, 0.1) is 5.69 Å². The SMILES string of the molecule is Cc1nc(-c2ccccc2F)sc1CC(C)C. The summed E-state index contributed by atoms with van der Waals surface area (Å²) in [4.78, 5) is 5.74. The fourth-order valence-electron chi connectivity index (χ4n) is 1.74. The zero-order valence-corrected chi connectivity index (χ0v) is 11.1. The van der Waals surface area contributed by atoms with Gasteiger partial charge in [0.15, 0.2) is 0 Å². The number of hydrogen-bond donors (Lipinski definition) is 0. The van der Waals surface area contributed by atoms with Crippen molar-refractivity contribution >= 4 is 11.3 Å². The maximum Gasteiger partial charge on any atom is 0.133 e. The molecular formula is C14H16FNS. The lowest BCUT2D eigenvalue weighted by molar-refractivity contribution is 0.631. The summed E-state index contributed by atoms with van der Waals surface area (Å²) in [6.45, 7) is 6.36. The molecule has 2 rings (SSSR count). The first-order chi connectivity index (χ1) is 8.08. The molecule has 0 aliphatic rings. The van der Waals surface area contributed by atoms with Crippen molar-refractivity contribution in [1.29, 1.82) is 0 Å². The predicted octanol–water partition coefficient (Wildman–Crippen LogP) is 4.46. The second-order valence-electron chi connectivity index (χ2n) is 4.61. The highest BCUT2D eigenvalue weighted by molar-refractivity contribution is 7.15. The minimum absolute atomic E-state index is 0.197. The Morgan fingerprint density at radius 2 is 2.00 bits per heavy atom. The van der Waals surface area contributed by atoms with E-state index in [9.17, 15) is 4.39 Å². The largest absolute Gasteiger partial charge is 0.241 e. The molecule has 0 amide bonds. The molecule has 0 bridgehead atoms. The van der Waals surface area contributed by atoms with Crippen LogP contribution in [0.2, 0.25) is 0 Å². The molecule has 90 valence electrons. The summed E-state index contributed by atoms with van der Waals surface area (Å²) >= 11 is 1.60. The monoisotopic (exact) mass is 249 g/mol. The molecule has 0 atom stereocenters. The Hall–Kier alpha value is -1.22. The lowest BCUT2D eigenvalue weighted by Gasteiger charge is -2.01. The van der Waals surface area contributed by atoms with E-state index in [0.29, 0.717) is 11.5 Å². The van der Waals surface area contributed by atoms with Crippen LogP contribution in [0, 0.1) is 18.7 Å². The maximum atomic E-state index is 13.6. The molecule has 0 saturated carbocycles. The molecule has 0 N–H and O–H groups in total. The minimum atomic E-state index is -0.197. The Kier molecular flexibility index (Phi) is 3.57. The van der Waals surface area contributed by atoms with Crippen molar-refractivity contribution < 1.29 is 4.39 Å². The van der Waals surface area contributed by atoms with E-state index in [0.717, 1.165) is 17.1 Å². The van der Waals surface area contributed by atoms with E-state index in [-0.39, 0.29) is 5.82 Å². The lowest BCUT2D eigenvalue weighted by Crippen LogP contribution is -1.92. The molecule has 2 aromatic rings. The van der Waals surface area contributed by atoms with Crippen LogP contribution in [0.15, 0.2) is 24.3 Å². The van der Waals surface area contributed by atoms with Crippen molar-refractivity contribution in [1.82, 2.24) is 4.98 Å². The molecule has 0 saturated heterocycles. The summed E-state index contributed by atoms with van der Waals surface area (Å²) in [6.07, 6.45) is 1.01. The van der Waals surface area contributed by atoms with Crippen molar-refractivity contribution in [2.45, 2.75) is 27.2 Å². The van der Waals surface area contributed by atoms with Gasteiger partial charge in [-0.05, 0) is 31.4 Å². The van der Waals surface area contributed by atoms with Gasteiger partial charge >= 0.3 is 0 Å². The summed E-state index contributed by atoms with van der Waals surface area (Å²) in [5.41, 5.74) is 1.64. The average Bonchev–Trinajstić information content (AvgIpc) is 2.60. The summed E-state index contributed by atoms with van der Waals surface area (Å²) in [5.74, 6) is 0.403. The number of hydrogen-bond acceptors (Lipinski definition) is 2. The summed E-state index contributed by atoms with van der Waals surface area (Å²) < 4.78 is 13.6. The lowest BCUT2D eigenvalue weighted by atomic mass is 10.1. The Bertz CT molecular complexity index is 517. The zero-order valence-electron chi connectivity index (χ0n) is 10.3. The van der Waals surface area contributed by atoms with E-state index in [1.165, 1.54) is 10.9 Å². The molecular weight excluding hydrogens is 233 g/mol. The molecule has 0 spiro atoms. The van der Waals surface area contributed by atoms with Gasteiger partial charge in [-0.25, -0.2) is 9.37 Å². The molecule has 17 heavy (non-hydrogen) atoms. The summed E-state index contributed by atoms with van der Waals surface area (Å²) in [5, 5.41) is 0.788. The number of thiazole rings is 1. The second kappa shape index (κ2) is 4.96. The average molecular weight is 249 g/mol. The highest BCUT2D eigenvalue weighted by atomic mass is 32.1. The van der Waals surface area contributed by atoms with Crippen molar-refractivity contribution in [3.05, 3.63) is 40.7 Å². The number of halogens is 1. The molecule has 1 aromatic heterocycles. The van der Waals surface area contributed by atoms with Crippen molar-refractivity contribution in [2.24, 2.45) is 5.92 Å². The van der Waals surface area contributed by atoms with Gasteiger partial charge in [-0.1, -0.05) is 26.0 Å². The standard InChI is InChI=1S/C14H16FNS/c1-9(2)8-13-10(3)16-14(17-13)11-6-4-5-7-12(11)15/h4-7,9H,8H2,1-3H3. The van der Waals surface area contributed by atoms with Crippen LogP contribution in [0.5, 0.6) is 0 Å². The van der Waals surface area contributed by atoms with Crippen LogP contribution in [0.3, 0.4) is 0 Å². The number of aryl methyl sites for hydroxylation is 1. The fourth-order valence-corrected chi connectivity index (χ4v) is 3.04. The van der Waals surface area contributed by atoms with Gasteiger partial charge in [0.1, 0.15) is 10.8 Å². The van der Waals surface area contributed by atoms with Crippen LogP contribution in [0.25, 0.3) is 10.6 Å². The van der Waals surface area contributed by atoms with Crippen LogP contribution >= 0.6 is 11.3 Å². The third-order valence-corrected chi connectivity index (χ3v) is 3.80. The Morgan fingerprint density at radius 1 is 1.29 bits per heavy atom. The molecule has 1 nitrogen and oxygen atoms in total. The second-order valence-corrected chi connectivity index (χ2v) is 5.69. The normalized spacial score (nSPS) is 11.1. The van der Waals surface area contributed by atoms with E-state index in [1.807, 2.05) is 13.0 Å². The van der Waals surface area contributed by atoms with Crippen LogP contribution in [0.1, 0.15) is 24.4 Å². The van der Waals surface area contributed by atoms with Gasteiger partial charge in [0.25, 0.3) is 0 Å². The van der Waals surface area contributed by atoms with Crippen molar-refractivity contribution in [2.75, 3.05) is 0 Å². The summed E-state index contributed by atoms with van der Waals surface area (Å²) in [7, 11) is 0. The number of benzene rings is 1. The Labute approximate surface area is 105 Å². The van der Waals surface area contributed by atoms with Gasteiger partial charge in [-0.3, -0.25) is 0 Å². The van der Waals surface area contributed by atoms with Crippen molar-refractivity contribution in [3.8, 4) is 10.6 Å². The minimum Gasteiger partial charge on any atom is -0.241 e. The number of nitrogens with zero attached hydrogens (tertiary/aromatic N) is 1. The maximum absolute atomic E-state index is 13.6. The van der Waals surface area contributed by atoms with Crippen LogP contribution in [-0.4, -0.2) is 4.98 Å². The van der Waals surface area contributed by atoms with Gasteiger partial charge < -0.3 is 0 Å². The first-order valence-corrected chi connectivity index (χ1v) is 6.60. The first-order valence-electron chi connectivity index (χ1n) is 5.79. The van der Waals surface area contributed by atoms with E-state index >= 15 is 0 Å². The van der Waals surface area contributed by atoms with Crippen molar-refractivity contribution in [3.63, 3.8) is 0 Å². The molecule has 1 heterocycles. The Balaban J connectivity index is 2.38. The van der Waals surface area contributed by atoms with Gasteiger partial charge in [0.2, 0.25) is 0 Å². The third-order valence-electron chi connectivity index (χ3n) is 2.59. The van der Waals surface area contributed by atoms with Gasteiger partial charge in [-0.2, -0.15) is 0 Å². The van der Waals surface area contributed by atoms with E-state index in [1.54, 1.807) is 23.5 Å². The third kappa shape index (κ3) is 2.72. The first kappa shape index (κ1) is 12.2. The predicted molar refractivity (Wildman–Crippen MR) is 70.8 cm³/mol. The highest BCUT2D eigenvalue weighted by Gasteiger charge is 2.13. The topological polar surface area (TPSA) is 12.9 Å². The molecule has 1 aromatic carbocycles. The van der Waals surface area contributed by atoms with Gasteiger partial charge in [-0.15, -0.1) is 11.3 Å². The summed E-state index contributed by atoms with van der Waals surface area (Å²) in [6, 6.07) is 6.81. The molecule has 0 aliphatic carbocycles. The Morgan fingerprint density at radius 3 is 2.65 bits per heavy atom. The molecule has 0 aliphatic heterocycles. The number of aromatic nitrogens is 1. The molecule has 0 fully saturated rings. The molecule has 0 radical (unpaired) electrons. The number of rotatable bonds is 3. The van der Waals surface area contributed by atoms with Crippen LogP contribution in [-0.2, 0) is 6.42 Å². The van der Waals surface area contributed by atoms with E-state index < -0.39 is 0 Å². The molecule has 3 heteroatoms. The van der Waals surface area contributed by atoms with Gasteiger partial charge in [0, 0.05) is 10.4 Å².